The molecule has 1 aromatic carbocycles. The highest BCUT2D eigenvalue weighted by atomic mass is 16.4. The van der Waals surface area contributed by atoms with Gasteiger partial charge in [-0.25, -0.2) is 0 Å². The second kappa shape index (κ2) is 5.58. The lowest BCUT2D eigenvalue weighted by molar-refractivity contribution is 0.244. The minimum absolute atomic E-state index is 0.0802. The first-order valence-corrected chi connectivity index (χ1v) is 6.22. The van der Waals surface area contributed by atoms with Gasteiger partial charge in [-0.1, -0.05) is 6.07 Å². The van der Waals surface area contributed by atoms with E-state index >= 15 is 0 Å². The van der Waals surface area contributed by atoms with Gasteiger partial charge in [-0.05, 0) is 30.3 Å². The topological polar surface area (TPSA) is 76.1 Å². The minimum atomic E-state index is -0.0802. The number of furan rings is 1. The average Bonchev–Trinajstić information content (AvgIpc) is 3.17. The first-order valence-electron chi connectivity index (χ1n) is 6.22. The van der Waals surface area contributed by atoms with Gasteiger partial charge in [0.25, 0.3) is 0 Å². The summed E-state index contributed by atoms with van der Waals surface area (Å²) in [6, 6.07) is 11.5. The molecular weight excluding hydrogens is 256 g/mol. The fraction of sp³-hybridized carbons (Fsp3) is 0.143. The molecule has 2 heterocycles. The molecule has 2 N–H and O–H groups in total. The van der Waals surface area contributed by atoms with Crippen LogP contribution in [0.25, 0.3) is 5.69 Å². The number of rotatable bonds is 5. The van der Waals surface area contributed by atoms with Gasteiger partial charge >= 0.3 is 0 Å². The molecule has 0 amide bonds. The summed E-state index contributed by atoms with van der Waals surface area (Å²) >= 11 is 0. The van der Waals surface area contributed by atoms with E-state index in [0.717, 1.165) is 17.1 Å². The Morgan fingerprint density at radius 3 is 2.65 bits per heavy atom. The maximum Gasteiger partial charge on any atom is 0.129 e. The molecule has 0 aliphatic rings. The number of aliphatic hydroxyl groups excluding tert-OH is 1. The average molecular weight is 270 g/mol. The molecule has 3 rings (SSSR count). The number of nitrogens with zero attached hydrogens (tertiary/aromatic N) is 3. The molecule has 0 saturated heterocycles. The Balaban J connectivity index is 1.70. The van der Waals surface area contributed by atoms with E-state index in [4.69, 9.17) is 9.52 Å². The van der Waals surface area contributed by atoms with E-state index < -0.39 is 0 Å². The molecule has 6 nitrogen and oxygen atoms in total. The zero-order valence-corrected chi connectivity index (χ0v) is 10.7. The number of benzene rings is 1. The van der Waals surface area contributed by atoms with Crippen molar-refractivity contribution < 1.29 is 9.52 Å². The zero-order chi connectivity index (χ0) is 13.8. The van der Waals surface area contributed by atoms with Gasteiger partial charge in [-0.3, -0.25) is 4.57 Å². The largest absolute Gasteiger partial charge is 0.462 e. The van der Waals surface area contributed by atoms with E-state index in [0.29, 0.717) is 12.3 Å². The summed E-state index contributed by atoms with van der Waals surface area (Å²) in [4.78, 5) is 0. The van der Waals surface area contributed by atoms with Crippen LogP contribution in [0.1, 0.15) is 11.5 Å². The van der Waals surface area contributed by atoms with Gasteiger partial charge in [0.1, 0.15) is 30.8 Å². The van der Waals surface area contributed by atoms with Crippen LogP contribution in [0.5, 0.6) is 0 Å². The van der Waals surface area contributed by atoms with Crippen molar-refractivity contribution in [3.05, 3.63) is 60.6 Å². The normalized spacial score (nSPS) is 10.7. The number of hydrogen-bond donors (Lipinski definition) is 2. The molecule has 2 aromatic heterocycles. The van der Waals surface area contributed by atoms with Gasteiger partial charge in [0, 0.05) is 5.69 Å². The number of hydrogen-bond acceptors (Lipinski definition) is 5. The van der Waals surface area contributed by atoms with Crippen molar-refractivity contribution in [2.24, 2.45) is 0 Å². The summed E-state index contributed by atoms with van der Waals surface area (Å²) in [5, 5.41) is 19.8. The van der Waals surface area contributed by atoms with Crippen molar-refractivity contribution >= 4 is 5.69 Å². The molecule has 0 unspecified atom stereocenters. The maximum atomic E-state index is 8.95. The van der Waals surface area contributed by atoms with E-state index in [9.17, 15) is 0 Å². The van der Waals surface area contributed by atoms with Crippen LogP contribution in [0.3, 0.4) is 0 Å². The third kappa shape index (κ3) is 2.70. The van der Waals surface area contributed by atoms with Crippen molar-refractivity contribution in [1.29, 1.82) is 0 Å². The molecule has 0 saturated carbocycles. The van der Waals surface area contributed by atoms with Crippen LogP contribution in [-0.2, 0) is 13.2 Å². The smallest absolute Gasteiger partial charge is 0.129 e. The lowest BCUT2D eigenvalue weighted by atomic mass is 10.2. The SMILES string of the molecule is OCc1ccc(CNc2cccc(-n3cnnc3)c2)o1. The molecule has 0 spiro atoms. The Bertz CT molecular complexity index is 676. The highest BCUT2D eigenvalue weighted by Crippen LogP contribution is 2.16. The van der Waals surface area contributed by atoms with Crippen LogP contribution in [0.4, 0.5) is 5.69 Å². The standard InChI is InChI=1S/C14H14N4O2/c19-8-14-5-4-13(20-14)7-15-11-2-1-3-12(6-11)18-9-16-17-10-18/h1-6,9-10,15,19H,7-8H2. The Hall–Kier alpha value is -2.60. The third-order valence-electron chi connectivity index (χ3n) is 2.90. The molecule has 0 fully saturated rings. The summed E-state index contributed by atoms with van der Waals surface area (Å²) < 4.78 is 7.25. The van der Waals surface area contributed by atoms with Crippen molar-refractivity contribution in [3.63, 3.8) is 0 Å². The lowest BCUT2D eigenvalue weighted by Crippen LogP contribution is -1.99. The van der Waals surface area contributed by atoms with Gasteiger partial charge in [0.05, 0.1) is 12.2 Å². The lowest BCUT2D eigenvalue weighted by Gasteiger charge is -2.07. The van der Waals surface area contributed by atoms with E-state index in [1.807, 2.05) is 34.9 Å². The molecule has 102 valence electrons. The highest BCUT2D eigenvalue weighted by Gasteiger charge is 2.02. The van der Waals surface area contributed by atoms with Gasteiger partial charge in [0.15, 0.2) is 0 Å². The Morgan fingerprint density at radius 2 is 1.90 bits per heavy atom. The van der Waals surface area contributed by atoms with Gasteiger partial charge in [-0.15, -0.1) is 10.2 Å². The molecule has 0 bridgehead atoms. The number of aliphatic hydroxyl groups is 1. The summed E-state index contributed by atoms with van der Waals surface area (Å²) in [7, 11) is 0. The van der Waals surface area contributed by atoms with Gasteiger partial charge in [0.2, 0.25) is 0 Å². The van der Waals surface area contributed by atoms with Crippen LogP contribution >= 0.6 is 0 Å². The Labute approximate surface area is 115 Å². The minimum Gasteiger partial charge on any atom is -0.462 e. The van der Waals surface area contributed by atoms with Gasteiger partial charge < -0.3 is 14.8 Å². The summed E-state index contributed by atoms with van der Waals surface area (Å²) in [6.45, 7) is 0.481. The Morgan fingerprint density at radius 1 is 1.10 bits per heavy atom. The van der Waals surface area contributed by atoms with Gasteiger partial charge in [-0.2, -0.15) is 0 Å². The second-order valence-electron chi connectivity index (χ2n) is 4.30. The van der Waals surface area contributed by atoms with Crippen LogP contribution < -0.4 is 5.32 Å². The van der Waals surface area contributed by atoms with E-state index in [-0.39, 0.29) is 6.61 Å². The first-order chi connectivity index (χ1) is 9.85. The molecule has 6 heteroatoms. The predicted octanol–water partition coefficient (Wildman–Crippen LogP) is 1.96. The molecule has 0 aliphatic carbocycles. The van der Waals surface area contributed by atoms with Crippen LogP contribution in [0.15, 0.2) is 53.5 Å². The fourth-order valence-corrected chi connectivity index (χ4v) is 1.90. The van der Waals surface area contributed by atoms with Crippen LogP contribution in [0, 0.1) is 0 Å². The van der Waals surface area contributed by atoms with Crippen LogP contribution in [-0.4, -0.2) is 19.9 Å². The quantitative estimate of drug-likeness (QED) is 0.741. The number of anilines is 1. The second-order valence-corrected chi connectivity index (χ2v) is 4.30. The van der Waals surface area contributed by atoms with Crippen molar-refractivity contribution in [1.82, 2.24) is 14.8 Å². The van der Waals surface area contributed by atoms with Crippen molar-refractivity contribution in [2.45, 2.75) is 13.2 Å². The fourth-order valence-electron chi connectivity index (χ4n) is 1.90. The molecule has 0 aliphatic heterocycles. The van der Waals surface area contributed by atoms with E-state index in [1.165, 1.54) is 0 Å². The molecule has 3 aromatic rings. The summed E-state index contributed by atoms with van der Waals surface area (Å²) in [6.07, 6.45) is 3.30. The number of aromatic nitrogens is 3. The molecule has 20 heavy (non-hydrogen) atoms. The van der Waals surface area contributed by atoms with E-state index in [2.05, 4.69) is 15.5 Å². The summed E-state index contributed by atoms with van der Waals surface area (Å²) in [5.74, 6) is 1.35. The highest BCUT2D eigenvalue weighted by molar-refractivity contribution is 5.51. The first kappa shape index (κ1) is 12.4. The molecule has 0 atom stereocenters. The number of nitrogens with one attached hydrogen (secondary N) is 1. The van der Waals surface area contributed by atoms with Crippen molar-refractivity contribution in [2.75, 3.05) is 5.32 Å². The van der Waals surface area contributed by atoms with Crippen LogP contribution in [0.2, 0.25) is 0 Å². The Kier molecular flexibility index (Phi) is 3.47. The molecular formula is C14H14N4O2. The molecule has 0 radical (unpaired) electrons. The third-order valence-corrected chi connectivity index (χ3v) is 2.90. The maximum absolute atomic E-state index is 8.95. The van der Waals surface area contributed by atoms with E-state index in [1.54, 1.807) is 18.7 Å². The monoisotopic (exact) mass is 270 g/mol. The predicted molar refractivity (Wildman–Crippen MR) is 73.3 cm³/mol. The zero-order valence-electron chi connectivity index (χ0n) is 10.7. The van der Waals surface area contributed by atoms with Crippen molar-refractivity contribution in [3.8, 4) is 5.69 Å². The summed E-state index contributed by atoms with van der Waals surface area (Å²) in [5.41, 5.74) is 1.95.